The van der Waals surface area contributed by atoms with Crippen LogP contribution in [0.3, 0.4) is 0 Å². The van der Waals surface area contributed by atoms with E-state index in [9.17, 15) is 0 Å². The lowest BCUT2D eigenvalue weighted by Gasteiger charge is -2.02. The Bertz CT molecular complexity index is 80.8. The van der Waals surface area contributed by atoms with E-state index in [-0.39, 0.29) is 0 Å². The summed E-state index contributed by atoms with van der Waals surface area (Å²) in [6.45, 7) is 3.79. The van der Waals surface area contributed by atoms with E-state index in [0.29, 0.717) is 0 Å². The maximum atomic E-state index is 5.64. The molecule has 0 saturated carbocycles. The summed E-state index contributed by atoms with van der Waals surface area (Å²) in [6.07, 6.45) is 3.65. The zero-order valence-electron chi connectivity index (χ0n) is 6.98. The highest BCUT2D eigenvalue weighted by Gasteiger charge is 2.00. The fourth-order valence-electron chi connectivity index (χ4n) is 0.729. The number of ether oxygens (including phenoxy) is 1. The fraction of sp³-hybridized carbons (Fsp3) is 1.00. The maximum absolute atomic E-state index is 5.64. The molecule has 11 heavy (non-hydrogen) atoms. The third-order valence-corrected chi connectivity index (χ3v) is 3.35. The predicted octanol–water partition coefficient (Wildman–Crippen LogP) is 2.89. The SMILES string of the molecule is CCCCCOCC[SiH](Cl)Cl. The molecule has 4 heteroatoms. The Labute approximate surface area is 80.0 Å². The lowest BCUT2D eigenvalue weighted by atomic mass is 10.3. The van der Waals surface area contributed by atoms with E-state index in [4.69, 9.17) is 26.9 Å². The molecule has 0 unspecified atom stereocenters. The van der Waals surface area contributed by atoms with E-state index in [1.165, 1.54) is 12.8 Å². The minimum Gasteiger partial charge on any atom is -0.382 e. The number of hydrogen-bond donors (Lipinski definition) is 0. The van der Waals surface area contributed by atoms with E-state index in [2.05, 4.69) is 6.92 Å². The van der Waals surface area contributed by atoms with E-state index in [1.807, 2.05) is 0 Å². The van der Waals surface area contributed by atoms with Gasteiger partial charge in [0, 0.05) is 13.2 Å². The van der Waals surface area contributed by atoms with Gasteiger partial charge in [0.15, 0.2) is 0 Å². The van der Waals surface area contributed by atoms with E-state index >= 15 is 0 Å². The first-order chi connectivity index (χ1) is 5.27. The first kappa shape index (κ1) is 11.8. The van der Waals surface area contributed by atoms with Gasteiger partial charge in [-0.25, -0.2) is 0 Å². The Hall–Kier alpha value is 0.757. The quantitative estimate of drug-likeness (QED) is 0.360. The molecule has 0 spiro atoms. The molecule has 0 aromatic rings. The summed E-state index contributed by atoms with van der Waals surface area (Å²) in [4.78, 5) is 0. The van der Waals surface area contributed by atoms with Crippen molar-refractivity contribution >= 4 is 29.6 Å². The van der Waals surface area contributed by atoms with Gasteiger partial charge in [-0.15, -0.1) is 0 Å². The van der Waals surface area contributed by atoms with Crippen LogP contribution in [0.2, 0.25) is 6.04 Å². The summed E-state index contributed by atoms with van der Waals surface area (Å²) in [5.74, 6) is 0. The van der Waals surface area contributed by atoms with Crippen molar-refractivity contribution in [3.63, 3.8) is 0 Å². The Balaban J connectivity index is 2.80. The van der Waals surface area contributed by atoms with E-state index in [1.54, 1.807) is 0 Å². The summed E-state index contributed by atoms with van der Waals surface area (Å²) < 4.78 is 5.31. The minimum absolute atomic E-state index is 0.744. The third kappa shape index (κ3) is 10.8. The topological polar surface area (TPSA) is 9.23 Å². The van der Waals surface area contributed by atoms with Crippen molar-refractivity contribution in [2.24, 2.45) is 0 Å². The molecular weight excluding hydrogens is 199 g/mol. The molecule has 0 heterocycles. The zero-order valence-corrected chi connectivity index (χ0v) is 9.65. The largest absolute Gasteiger partial charge is 0.382 e. The van der Waals surface area contributed by atoms with Gasteiger partial charge in [0.25, 0.3) is 0 Å². The monoisotopic (exact) mass is 214 g/mol. The second-order valence-corrected chi connectivity index (χ2v) is 7.69. The highest BCUT2D eigenvalue weighted by Crippen LogP contribution is 2.03. The summed E-state index contributed by atoms with van der Waals surface area (Å²) in [5, 5.41) is 0. The summed E-state index contributed by atoms with van der Waals surface area (Å²) in [5.41, 5.74) is 0. The van der Waals surface area contributed by atoms with Crippen LogP contribution in [0.5, 0.6) is 0 Å². The molecule has 0 aromatic carbocycles. The van der Waals surface area contributed by atoms with Gasteiger partial charge in [-0.1, -0.05) is 19.8 Å². The second kappa shape index (κ2) is 8.85. The van der Waals surface area contributed by atoms with Gasteiger partial charge in [-0.3, -0.25) is 0 Å². The van der Waals surface area contributed by atoms with Gasteiger partial charge in [0.05, 0.1) is 0 Å². The number of rotatable bonds is 7. The molecule has 0 aliphatic carbocycles. The van der Waals surface area contributed by atoms with Crippen LogP contribution in [0.4, 0.5) is 0 Å². The molecule has 0 fully saturated rings. The first-order valence-electron chi connectivity index (χ1n) is 4.13. The summed E-state index contributed by atoms with van der Waals surface area (Å²) in [7, 11) is -1.41. The molecular formula is C7H16Cl2OSi. The maximum Gasteiger partial charge on any atom is 0.239 e. The number of unbranched alkanes of at least 4 members (excludes halogenated alkanes) is 2. The normalized spacial score (nSPS) is 10.9. The van der Waals surface area contributed by atoms with Gasteiger partial charge in [-0.05, 0) is 12.5 Å². The first-order valence-corrected chi connectivity index (χ1v) is 8.44. The van der Waals surface area contributed by atoms with Crippen LogP contribution in [0, 0.1) is 0 Å². The van der Waals surface area contributed by atoms with Crippen molar-refractivity contribution in [1.82, 2.24) is 0 Å². The van der Waals surface area contributed by atoms with E-state index < -0.39 is 7.42 Å². The van der Waals surface area contributed by atoms with Crippen molar-refractivity contribution in [2.45, 2.75) is 32.2 Å². The summed E-state index contributed by atoms with van der Waals surface area (Å²) >= 11 is 11.3. The molecule has 0 rings (SSSR count). The molecule has 0 N–H and O–H groups in total. The van der Waals surface area contributed by atoms with Crippen LogP contribution in [-0.2, 0) is 4.74 Å². The average molecular weight is 215 g/mol. The van der Waals surface area contributed by atoms with Crippen molar-refractivity contribution in [3.05, 3.63) is 0 Å². The van der Waals surface area contributed by atoms with Gasteiger partial charge in [0.1, 0.15) is 0 Å². The van der Waals surface area contributed by atoms with Crippen molar-refractivity contribution in [1.29, 1.82) is 0 Å². The lowest BCUT2D eigenvalue weighted by Crippen LogP contribution is -2.02. The molecule has 0 aliphatic rings. The molecule has 68 valence electrons. The number of halogens is 2. The Morgan fingerprint density at radius 3 is 2.45 bits per heavy atom. The molecule has 0 bridgehead atoms. The Kier molecular flexibility index (Phi) is 9.46. The highest BCUT2D eigenvalue weighted by molar-refractivity contribution is 7.33. The van der Waals surface area contributed by atoms with Crippen LogP contribution in [0.1, 0.15) is 26.2 Å². The molecule has 1 nitrogen and oxygen atoms in total. The van der Waals surface area contributed by atoms with Crippen molar-refractivity contribution in [2.75, 3.05) is 13.2 Å². The zero-order chi connectivity index (χ0) is 8.53. The average Bonchev–Trinajstić information content (AvgIpc) is 1.96. The van der Waals surface area contributed by atoms with Crippen LogP contribution in [0.15, 0.2) is 0 Å². The fourth-order valence-corrected chi connectivity index (χ4v) is 1.61. The predicted molar refractivity (Wildman–Crippen MR) is 54.0 cm³/mol. The van der Waals surface area contributed by atoms with Gasteiger partial charge in [0.2, 0.25) is 7.42 Å². The second-order valence-electron chi connectivity index (χ2n) is 2.50. The minimum atomic E-state index is -1.41. The van der Waals surface area contributed by atoms with Crippen molar-refractivity contribution < 1.29 is 4.74 Å². The highest BCUT2D eigenvalue weighted by atomic mass is 35.7. The lowest BCUT2D eigenvalue weighted by molar-refractivity contribution is 0.143. The molecule has 0 amide bonds. The molecule has 0 atom stereocenters. The standard InChI is InChI=1S/C7H16Cl2OSi/c1-2-3-4-5-10-6-7-11(8)9/h11H,2-7H2,1H3. The van der Waals surface area contributed by atoms with Gasteiger partial charge in [-0.2, -0.15) is 22.2 Å². The molecule has 0 aliphatic heterocycles. The number of hydrogen-bond acceptors (Lipinski definition) is 1. The molecule has 0 saturated heterocycles. The van der Waals surface area contributed by atoms with Crippen LogP contribution in [-0.4, -0.2) is 20.6 Å². The van der Waals surface area contributed by atoms with E-state index in [0.717, 1.165) is 25.7 Å². The van der Waals surface area contributed by atoms with Crippen LogP contribution in [0.25, 0.3) is 0 Å². The third-order valence-electron chi connectivity index (χ3n) is 1.37. The van der Waals surface area contributed by atoms with Crippen LogP contribution < -0.4 is 0 Å². The van der Waals surface area contributed by atoms with Crippen molar-refractivity contribution in [3.8, 4) is 0 Å². The molecule has 0 radical (unpaired) electrons. The smallest absolute Gasteiger partial charge is 0.239 e. The molecule has 0 aromatic heterocycles. The van der Waals surface area contributed by atoms with Gasteiger partial charge < -0.3 is 4.74 Å². The Morgan fingerprint density at radius 1 is 1.18 bits per heavy atom. The van der Waals surface area contributed by atoms with Gasteiger partial charge >= 0.3 is 0 Å². The summed E-state index contributed by atoms with van der Waals surface area (Å²) in [6, 6.07) is 0.870. The Morgan fingerprint density at radius 2 is 1.91 bits per heavy atom. The van der Waals surface area contributed by atoms with Crippen LogP contribution >= 0.6 is 22.2 Å².